The Hall–Kier alpha value is 0.360. The molecular weight excluding hydrogens is 241 g/mol. The van der Waals surface area contributed by atoms with Gasteiger partial charge in [0.1, 0.15) is 0 Å². The molecule has 0 bridgehead atoms. The molecule has 3 heteroatoms. The SMILES string of the molecule is CN(C)C1CC(C(=O)I)C1. The van der Waals surface area contributed by atoms with E-state index >= 15 is 0 Å². The van der Waals surface area contributed by atoms with Crippen molar-refractivity contribution >= 4 is 26.4 Å². The molecule has 1 saturated carbocycles. The van der Waals surface area contributed by atoms with Crippen LogP contribution in [0.25, 0.3) is 0 Å². The Morgan fingerprint density at radius 3 is 2.30 bits per heavy atom. The predicted octanol–water partition coefficient (Wildman–Crippen LogP) is 1.29. The van der Waals surface area contributed by atoms with Crippen molar-refractivity contribution in [1.29, 1.82) is 0 Å². The van der Waals surface area contributed by atoms with Crippen LogP contribution in [0.3, 0.4) is 0 Å². The van der Waals surface area contributed by atoms with Crippen molar-refractivity contribution in [2.75, 3.05) is 14.1 Å². The van der Waals surface area contributed by atoms with E-state index in [-0.39, 0.29) is 0 Å². The highest BCUT2D eigenvalue weighted by atomic mass is 127. The number of nitrogens with zero attached hydrogens (tertiary/aromatic N) is 1. The van der Waals surface area contributed by atoms with E-state index in [0.717, 1.165) is 12.8 Å². The normalized spacial score (nSPS) is 32.0. The maximum Gasteiger partial charge on any atom is 0.195 e. The molecule has 10 heavy (non-hydrogen) atoms. The Labute approximate surface area is 75.1 Å². The molecule has 1 fully saturated rings. The van der Waals surface area contributed by atoms with Gasteiger partial charge < -0.3 is 4.90 Å². The standard InChI is InChI=1S/C7H12INO/c1-9(2)6-3-5(4-6)7(8)10/h5-6H,3-4H2,1-2H3. The largest absolute Gasteiger partial charge is 0.306 e. The number of carbonyl (C=O) groups excluding carboxylic acids is 1. The van der Waals surface area contributed by atoms with Gasteiger partial charge >= 0.3 is 0 Å². The molecule has 1 aliphatic rings. The van der Waals surface area contributed by atoms with Gasteiger partial charge in [-0.05, 0) is 49.5 Å². The molecule has 2 nitrogen and oxygen atoms in total. The van der Waals surface area contributed by atoms with Crippen molar-refractivity contribution in [2.24, 2.45) is 5.92 Å². The van der Waals surface area contributed by atoms with Gasteiger partial charge in [0.2, 0.25) is 0 Å². The second-order valence-electron chi connectivity index (χ2n) is 3.09. The Morgan fingerprint density at radius 2 is 2.00 bits per heavy atom. The molecule has 0 aromatic carbocycles. The molecule has 0 atom stereocenters. The van der Waals surface area contributed by atoms with Crippen molar-refractivity contribution in [3.63, 3.8) is 0 Å². The molecule has 58 valence electrons. The minimum Gasteiger partial charge on any atom is -0.306 e. The number of hydrogen-bond acceptors (Lipinski definition) is 2. The lowest BCUT2D eigenvalue weighted by Gasteiger charge is -2.37. The number of halogens is 1. The summed E-state index contributed by atoms with van der Waals surface area (Å²) in [5.74, 6) is 0.355. The van der Waals surface area contributed by atoms with Gasteiger partial charge in [-0.2, -0.15) is 0 Å². The van der Waals surface area contributed by atoms with Crippen LogP contribution in [0.4, 0.5) is 0 Å². The molecule has 0 aliphatic heterocycles. The summed E-state index contributed by atoms with van der Waals surface area (Å²) in [7, 11) is 4.14. The quantitative estimate of drug-likeness (QED) is 0.546. The van der Waals surface area contributed by atoms with Crippen molar-refractivity contribution in [3.05, 3.63) is 0 Å². The average Bonchev–Trinajstić information content (AvgIpc) is 1.56. The number of hydrogen-bond donors (Lipinski definition) is 0. The van der Waals surface area contributed by atoms with Gasteiger partial charge in [-0.15, -0.1) is 0 Å². The molecule has 0 aromatic heterocycles. The summed E-state index contributed by atoms with van der Waals surface area (Å²) in [4.78, 5) is 13.0. The molecule has 0 saturated heterocycles. The topological polar surface area (TPSA) is 20.3 Å². The maximum absolute atomic E-state index is 10.8. The highest BCUT2D eigenvalue weighted by Gasteiger charge is 2.33. The highest BCUT2D eigenvalue weighted by Crippen LogP contribution is 2.32. The Morgan fingerprint density at radius 1 is 1.50 bits per heavy atom. The van der Waals surface area contributed by atoms with Crippen molar-refractivity contribution in [1.82, 2.24) is 4.90 Å². The van der Waals surface area contributed by atoms with E-state index in [1.54, 1.807) is 0 Å². The number of carbonyl (C=O) groups is 1. The highest BCUT2D eigenvalue weighted by molar-refractivity contribution is 14.1. The van der Waals surface area contributed by atoms with Crippen LogP contribution >= 0.6 is 22.6 Å². The summed E-state index contributed by atoms with van der Waals surface area (Å²) in [6, 6.07) is 0.656. The summed E-state index contributed by atoms with van der Waals surface area (Å²) < 4.78 is 0.329. The lowest BCUT2D eigenvalue weighted by molar-refractivity contribution is -0.116. The van der Waals surface area contributed by atoms with Crippen LogP contribution in [-0.4, -0.2) is 28.8 Å². The zero-order valence-corrected chi connectivity index (χ0v) is 8.46. The molecule has 0 spiro atoms. The fraction of sp³-hybridized carbons (Fsp3) is 0.857. The van der Waals surface area contributed by atoms with E-state index in [4.69, 9.17) is 0 Å². The number of rotatable bonds is 2. The first kappa shape index (κ1) is 8.46. The monoisotopic (exact) mass is 253 g/mol. The van der Waals surface area contributed by atoms with Crippen molar-refractivity contribution < 1.29 is 4.79 Å². The third-order valence-corrected chi connectivity index (χ3v) is 3.05. The fourth-order valence-electron chi connectivity index (χ4n) is 1.19. The van der Waals surface area contributed by atoms with Gasteiger partial charge in [-0.3, -0.25) is 4.79 Å². The second-order valence-corrected chi connectivity index (χ2v) is 4.15. The second kappa shape index (κ2) is 3.17. The lowest BCUT2D eigenvalue weighted by atomic mass is 9.81. The van der Waals surface area contributed by atoms with E-state index in [1.807, 2.05) is 22.6 Å². The third kappa shape index (κ3) is 1.69. The van der Waals surface area contributed by atoms with Gasteiger partial charge in [0.15, 0.2) is 3.79 Å². The van der Waals surface area contributed by atoms with Gasteiger partial charge in [0.25, 0.3) is 0 Å². The summed E-state index contributed by atoms with van der Waals surface area (Å²) in [5, 5.41) is 0. The predicted molar refractivity (Wildman–Crippen MR) is 49.2 cm³/mol. The van der Waals surface area contributed by atoms with Gasteiger partial charge in [-0.1, -0.05) is 0 Å². The van der Waals surface area contributed by atoms with Crippen LogP contribution in [0.2, 0.25) is 0 Å². The molecule has 0 heterocycles. The van der Waals surface area contributed by atoms with Crippen LogP contribution in [0.1, 0.15) is 12.8 Å². The third-order valence-electron chi connectivity index (χ3n) is 2.16. The van der Waals surface area contributed by atoms with Gasteiger partial charge in [0, 0.05) is 12.0 Å². The summed E-state index contributed by atoms with van der Waals surface area (Å²) in [6.07, 6.45) is 2.13. The first-order valence-corrected chi connectivity index (χ1v) is 4.55. The minimum atomic E-state index is 0.329. The summed E-state index contributed by atoms with van der Waals surface area (Å²) in [6.45, 7) is 0. The zero-order valence-electron chi connectivity index (χ0n) is 6.30. The molecule has 0 amide bonds. The molecule has 1 aliphatic carbocycles. The first-order valence-electron chi connectivity index (χ1n) is 3.47. The van der Waals surface area contributed by atoms with Crippen molar-refractivity contribution in [2.45, 2.75) is 18.9 Å². The van der Waals surface area contributed by atoms with Gasteiger partial charge in [-0.25, -0.2) is 0 Å². The van der Waals surface area contributed by atoms with Crippen LogP contribution < -0.4 is 0 Å². The lowest BCUT2D eigenvalue weighted by Crippen LogP contribution is -2.42. The fourth-order valence-corrected chi connectivity index (χ4v) is 1.70. The minimum absolute atomic E-state index is 0.329. The molecule has 1 rings (SSSR count). The maximum atomic E-state index is 10.8. The summed E-state index contributed by atoms with van der Waals surface area (Å²) >= 11 is 1.90. The smallest absolute Gasteiger partial charge is 0.195 e. The van der Waals surface area contributed by atoms with Crippen LogP contribution in [0.15, 0.2) is 0 Å². The zero-order chi connectivity index (χ0) is 7.72. The molecule has 0 aromatic rings. The van der Waals surface area contributed by atoms with Crippen LogP contribution in [0, 0.1) is 5.92 Å². The van der Waals surface area contributed by atoms with E-state index < -0.39 is 0 Å². The molecular formula is C7H12INO. The van der Waals surface area contributed by atoms with E-state index in [1.165, 1.54) is 0 Å². The first-order chi connectivity index (χ1) is 4.61. The molecule has 0 unspecified atom stereocenters. The van der Waals surface area contributed by atoms with E-state index in [2.05, 4.69) is 19.0 Å². The van der Waals surface area contributed by atoms with E-state index in [9.17, 15) is 4.79 Å². The molecule has 0 radical (unpaired) electrons. The van der Waals surface area contributed by atoms with Crippen molar-refractivity contribution in [3.8, 4) is 0 Å². The average molecular weight is 253 g/mol. The summed E-state index contributed by atoms with van der Waals surface area (Å²) in [5.41, 5.74) is 0. The Bertz CT molecular complexity index is 141. The Kier molecular flexibility index (Phi) is 2.68. The van der Waals surface area contributed by atoms with Crippen LogP contribution in [-0.2, 0) is 4.79 Å². The molecule has 0 N–H and O–H groups in total. The van der Waals surface area contributed by atoms with Crippen LogP contribution in [0.5, 0.6) is 0 Å². The van der Waals surface area contributed by atoms with Gasteiger partial charge in [0.05, 0.1) is 0 Å². The Balaban J connectivity index is 2.24. The van der Waals surface area contributed by atoms with E-state index in [0.29, 0.717) is 15.7 Å².